The van der Waals surface area contributed by atoms with Gasteiger partial charge in [0.15, 0.2) is 0 Å². The summed E-state index contributed by atoms with van der Waals surface area (Å²) in [5, 5.41) is 15.9. The predicted molar refractivity (Wildman–Crippen MR) is 157 cm³/mol. The van der Waals surface area contributed by atoms with E-state index >= 15 is 0 Å². The van der Waals surface area contributed by atoms with Crippen LogP contribution in [-0.4, -0.2) is 49.9 Å². The van der Waals surface area contributed by atoms with Crippen molar-refractivity contribution in [3.8, 4) is 5.69 Å². The van der Waals surface area contributed by atoms with Gasteiger partial charge in [0.1, 0.15) is 5.56 Å². The normalized spacial score (nSPS) is 24.2. The van der Waals surface area contributed by atoms with E-state index in [0.29, 0.717) is 22.4 Å². The Bertz CT molecular complexity index is 1580. The summed E-state index contributed by atoms with van der Waals surface area (Å²) in [7, 11) is 0.916. The van der Waals surface area contributed by atoms with Gasteiger partial charge in [-0.15, -0.1) is 0 Å². The molecule has 3 aromatic rings. The number of carboxylic acids is 1. The van der Waals surface area contributed by atoms with Crippen molar-refractivity contribution < 1.29 is 23.1 Å². The van der Waals surface area contributed by atoms with Gasteiger partial charge < -0.3 is 15.8 Å². The van der Waals surface area contributed by atoms with Gasteiger partial charge in [0, 0.05) is 41.8 Å². The molecular weight excluding hydrogens is 584 g/mol. The number of nitrogens with zero attached hydrogens (tertiary/aromatic N) is 4. The lowest BCUT2D eigenvalue weighted by Gasteiger charge is -2.29. The van der Waals surface area contributed by atoms with Crippen molar-refractivity contribution in [2.75, 3.05) is 19.8 Å². The molecule has 1 aliphatic carbocycles. The second kappa shape index (κ2) is 10.9. The SMILES string of the molecule is C[C@H]1Cc2ccc(C(F)(F)F)cc2SN([C@@H]2CCc3c2cccc3-n2ncc(C(=O)O)c2[C@@H]2CP2/C(N)=C/N(C)N)C1. The number of rotatable bonds is 6. The summed E-state index contributed by atoms with van der Waals surface area (Å²) in [4.78, 5) is 12.8. The third kappa shape index (κ3) is 5.41. The van der Waals surface area contributed by atoms with Crippen LogP contribution in [0.2, 0.25) is 0 Å². The van der Waals surface area contributed by atoms with Crippen LogP contribution in [0.5, 0.6) is 0 Å². The number of carboxylic acid groups (broad SMARTS) is 1. The molecule has 2 aliphatic heterocycles. The van der Waals surface area contributed by atoms with Gasteiger partial charge in [-0.05, 0) is 86.1 Å². The summed E-state index contributed by atoms with van der Waals surface area (Å²) in [6, 6.07) is 10.1. The summed E-state index contributed by atoms with van der Waals surface area (Å²) in [6.45, 7) is 2.87. The van der Waals surface area contributed by atoms with Crippen LogP contribution >= 0.6 is 19.9 Å². The first-order chi connectivity index (χ1) is 19.9. The van der Waals surface area contributed by atoms with Crippen molar-refractivity contribution in [3.05, 3.63) is 87.7 Å². The number of aromatic carboxylic acids is 1. The highest BCUT2D eigenvalue weighted by Crippen LogP contribution is 2.73. The zero-order chi connectivity index (χ0) is 29.9. The molecule has 0 saturated carbocycles. The maximum Gasteiger partial charge on any atom is 0.416 e. The molecule has 1 saturated heterocycles. The van der Waals surface area contributed by atoms with E-state index in [1.807, 2.05) is 12.1 Å². The molecule has 3 heterocycles. The average molecular weight is 617 g/mol. The Balaban J connectivity index is 1.35. The Morgan fingerprint density at radius 1 is 1.29 bits per heavy atom. The van der Waals surface area contributed by atoms with Crippen LogP contribution < -0.4 is 11.6 Å². The molecule has 3 aliphatic rings. The highest BCUT2D eigenvalue weighted by Gasteiger charge is 2.45. The van der Waals surface area contributed by atoms with Crippen LogP contribution in [0.15, 0.2) is 59.1 Å². The number of hydrazine groups is 1. The fraction of sp³-hybridized carbons (Fsp3) is 0.379. The van der Waals surface area contributed by atoms with Gasteiger partial charge in [-0.25, -0.2) is 19.6 Å². The maximum absolute atomic E-state index is 13.5. The van der Waals surface area contributed by atoms with Crippen molar-refractivity contribution >= 4 is 25.8 Å². The molecule has 1 aromatic heterocycles. The van der Waals surface area contributed by atoms with Gasteiger partial charge in [-0.3, -0.25) is 0 Å². The Morgan fingerprint density at radius 2 is 2.07 bits per heavy atom. The van der Waals surface area contributed by atoms with Gasteiger partial charge in [0.25, 0.3) is 0 Å². The predicted octanol–water partition coefficient (Wildman–Crippen LogP) is 5.88. The summed E-state index contributed by atoms with van der Waals surface area (Å²) in [5.41, 5.74) is 11.0. The summed E-state index contributed by atoms with van der Waals surface area (Å²) >= 11 is 1.41. The van der Waals surface area contributed by atoms with E-state index in [9.17, 15) is 23.1 Å². The van der Waals surface area contributed by atoms with E-state index in [-0.39, 0.29) is 23.2 Å². The lowest BCUT2D eigenvalue weighted by Crippen LogP contribution is -2.25. The quantitative estimate of drug-likeness (QED) is 0.136. The smallest absolute Gasteiger partial charge is 0.416 e. The molecule has 4 atom stereocenters. The minimum absolute atomic E-state index is 0.00238. The molecule has 5 N–H and O–H groups in total. The zero-order valence-corrected chi connectivity index (χ0v) is 24.9. The number of carbonyl (C=O) groups is 1. The maximum atomic E-state index is 13.5. The number of benzene rings is 2. The molecule has 1 fully saturated rings. The largest absolute Gasteiger partial charge is 0.478 e. The molecular formula is C29H32F3N6O2PS. The second-order valence-electron chi connectivity index (χ2n) is 11.3. The van der Waals surface area contributed by atoms with Crippen LogP contribution in [-0.2, 0) is 19.0 Å². The molecule has 42 heavy (non-hydrogen) atoms. The molecule has 0 spiro atoms. The average Bonchev–Trinajstić information content (AvgIpc) is 3.44. The number of hydrogen-bond donors (Lipinski definition) is 3. The van der Waals surface area contributed by atoms with Gasteiger partial charge in [0.05, 0.1) is 23.1 Å². The molecule has 2 aromatic carbocycles. The molecule has 8 nitrogen and oxygen atoms in total. The Labute approximate surface area is 247 Å². The van der Waals surface area contributed by atoms with Crippen LogP contribution in [0.4, 0.5) is 13.2 Å². The molecule has 13 heteroatoms. The molecule has 6 rings (SSSR count). The highest BCUT2D eigenvalue weighted by atomic mass is 32.2. The first-order valence-corrected chi connectivity index (χ1v) is 16.1. The van der Waals surface area contributed by atoms with E-state index in [1.54, 1.807) is 24.0 Å². The van der Waals surface area contributed by atoms with E-state index in [0.717, 1.165) is 47.9 Å². The van der Waals surface area contributed by atoms with Crippen molar-refractivity contribution in [1.29, 1.82) is 0 Å². The van der Waals surface area contributed by atoms with Crippen LogP contribution in [0, 0.1) is 5.92 Å². The molecule has 0 radical (unpaired) electrons. The molecule has 0 amide bonds. The van der Waals surface area contributed by atoms with Crippen LogP contribution in [0.25, 0.3) is 5.69 Å². The first-order valence-electron chi connectivity index (χ1n) is 13.7. The number of halogens is 3. The summed E-state index contributed by atoms with van der Waals surface area (Å²) < 4.78 is 44.6. The first kappa shape index (κ1) is 29.0. The lowest BCUT2D eigenvalue weighted by molar-refractivity contribution is -0.137. The van der Waals surface area contributed by atoms with Gasteiger partial charge in [-0.1, -0.05) is 25.1 Å². The van der Waals surface area contributed by atoms with E-state index in [2.05, 4.69) is 22.4 Å². The minimum Gasteiger partial charge on any atom is -0.478 e. The highest BCUT2D eigenvalue weighted by molar-refractivity contribution is 7.97. The second-order valence-corrected chi connectivity index (χ2v) is 14.8. The summed E-state index contributed by atoms with van der Waals surface area (Å²) in [5.74, 6) is 4.98. The molecule has 222 valence electrons. The van der Waals surface area contributed by atoms with Gasteiger partial charge in [0.2, 0.25) is 0 Å². The Hall–Kier alpha value is -3.05. The minimum atomic E-state index is -4.40. The fourth-order valence-corrected chi connectivity index (χ4v) is 9.69. The van der Waals surface area contributed by atoms with Crippen molar-refractivity contribution in [2.24, 2.45) is 17.5 Å². The number of fused-ring (bicyclic) bond motifs is 2. The molecule has 1 unspecified atom stereocenters. The topological polar surface area (TPSA) is 114 Å². The van der Waals surface area contributed by atoms with Crippen LogP contribution in [0.1, 0.15) is 63.4 Å². The molecule has 0 bridgehead atoms. The lowest BCUT2D eigenvalue weighted by atomic mass is 9.99. The third-order valence-corrected chi connectivity index (χ3v) is 11.6. The van der Waals surface area contributed by atoms with Crippen LogP contribution in [0.3, 0.4) is 0 Å². The Kier molecular flexibility index (Phi) is 7.54. The number of alkyl halides is 3. The van der Waals surface area contributed by atoms with Crippen molar-refractivity contribution in [1.82, 2.24) is 19.1 Å². The van der Waals surface area contributed by atoms with Gasteiger partial charge in [-0.2, -0.15) is 18.3 Å². The standard InChI is InChI=1S/C29H32F3N6O2PS/c1-16-10-17-6-7-18(29(30,31)32)11-25(17)42-37(13-16)22-9-8-20-19(22)4-3-5-23(20)38-27(21(12-35-38)28(39)40)24-15-41(24)26(33)14-36(2)34/h3-7,11-12,14,16,22,24H,8-10,13,15,33-34H2,1-2H3,(H,39,40)/b26-14+/t16-,22+,24-,41?/m0/s1. The van der Waals surface area contributed by atoms with Crippen molar-refractivity contribution in [3.63, 3.8) is 0 Å². The van der Waals surface area contributed by atoms with E-state index in [4.69, 9.17) is 11.6 Å². The Morgan fingerprint density at radius 3 is 2.79 bits per heavy atom. The number of hydrogen-bond acceptors (Lipinski definition) is 7. The van der Waals surface area contributed by atoms with E-state index < -0.39 is 25.6 Å². The van der Waals surface area contributed by atoms with Gasteiger partial charge >= 0.3 is 12.1 Å². The summed E-state index contributed by atoms with van der Waals surface area (Å²) in [6.07, 6.45) is 1.71. The zero-order valence-electron chi connectivity index (χ0n) is 23.2. The van der Waals surface area contributed by atoms with E-state index in [1.165, 1.54) is 35.3 Å². The monoisotopic (exact) mass is 616 g/mol. The fourth-order valence-electron chi connectivity index (χ4n) is 6.17. The van der Waals surface area contributed by atoms with Crippen molar-refractivity contribution in [2.45, 2.75) is 49.0 Å². The number of nitrogens with two attached hydrogens (primary N) is 2. The third-order valence-electron chi connectivity index (χ3n) is 8.09. The number of aromatic nitrogens is 2.